The van der Waals surface area contributed by atoms with E-state index in [1.54, 1.807) is 12.1 Å². The van der Waals surface area contributed by atoms with Crippen LogP contribution in [0.4, 0.5) is 5.69 Å². The van der Waals surface area contributed by atoms with E-state index in [1.807, 2.05) is 0 Å². The molecule has 2 rings (SSSR count). The maximum absolute atomic E-state index is 11.2. The molecule has 0 saturated heterocycles. The molecule has 7 heteroatoms. The fraction of sp³-hybridized carbons (Fsp3) is 0.533. The Bertz CT molecular complexity index is 592. The molecule has 0 aliphatic heterocycles. The van der Waals surface area contributed by atoms with E-state index in [0.717, 1.165) is 18.5 Å². The first-order valence-electron chi connectivity index (χ1n) is 7.65. The average Bonchev–Trinajstić information content (AvgIpc) is 2.41. The summed E-state index contributed by atoms with van der Waals surface area (Å²) in [4.78, 5) is 0.0944. The molecule has 0 unspecified atom stereocenters. The maximum atomic E-state index is 11.2. The lowest BCUT2D eigenvalue weighted by Crippen LogP contribution is -2.38. The molecular formula is C15H23N3O2S2. The van der Waals surface area contributed by atoms with E-state index in [4.69, 9.17) is 17.4 Å². The SMILES string of the molecule is NS(=O)(=O)c1ccc(NC(=S)NC2CCCCCCC2)cc1. The van der Waals surface area contributed by atoms with Crippen LogP contribution in [0.2, 0.25) is 0 Å². The molecule has 0 bridgehead atoms. The van der Waals surface area contributed by atoms with Crippen molar-refractivity contribution in [3.63, 3.8) is 0 Å². The van der Waals surface area contributed by atoms with Gasteiger partial charge in [-0.2, -0.15) is 0 Å². The van der Waals surface area contributed by atoms with Gasteiger partial charge in [0.1, 0.15) is 0 Å². The van der Waals surface area contributed by atoms with Gasteiger partial charge in [-0.05, 0) is 49.3 Å². The fourth-order valence-electron chi connectivity index (χ4n) is 2.68. The van der Waals surface area contributed by atoms with E-state index < -0.39 is 10.0 Å². The van der Waals surface area contributed by atoms with E-state index >= 15 is 0 Å². The Kier molecular flexibility index (Phi) is 6.16. The van der Waals surface area contributed by atoms with Gasteiger partial charge in [-0.15, -0.1) is 0 Å². The average molecular weight is 342 g/mol. The van der Waals surface area contributed by atoms with Crippen molar-refractivity contribution in [2.75, 3.05) is 5.32 Å². The van der Waals surface area contributed by atoms with Crippen molar-refractivity contribution in [1.29, 1.82) is 0 Å². The number of thiocarbonyl (C=S) groups is 1. The van der Waals surface area contributed by atoms with E-state index in [-0.39, 0.29) is 4.90 Å². The second-order valence-corrected chi connectivity index (χ2v) is 7.68. The zero-order valence-corrected chi connectivity index (χ0v) is 14.2. The van der Waals surface area contributed by atoms with Gasteiger partial charge in [-0.3, -0.25) is 0 Å². The normalized spacial score (nSPS) is 17.3. The van der Waals surface area contributed by atoms with E-state index in [1.165, 1.54) is 44.2 Å². The molecule has 122 valence electrons. The fourth-order valence-corrected chi connectivity index (χ4v) is 3.48. The van der Waals surface area contributed by atoms with E-state index in [9.17, 15) is 8.42 Å². The number of hydrogen-bond acceptors (Lipinski definition) is 3. The number of nitrogens with one attached hydrogen (secondary N) is 2. The van der Waals surface area contributed by atoms with Crippen LogP contribution >= 0.6 is 12.2 Å². The second-order valence-electron chi connectivity index (χ2n) is 5.71. The van der Waals surface area contributed by atoms with Gasteiger partial charge in [-0.1, -0.05) is 32.1 Å². The number of primary sulfonamides is 1. The van der Waals surface area contributed by atoms with Crippen molar-refractivity contribution < 1.29 is 8.42 Å². The summed E-state index contributed by atoms with van der Waals surface area (Å²) >= 11 is 5.34. The molecule has 4 N–H and O–H groups in total. The summed E-state index contributed by atoms with van der Waals surface area (Å²) in [6.45, 7) is 0. The molecule has 0 heterocycles. The van der Waals surface area contributed by atoms with Crippen LogP contribution in [0, 0.1) is 0 Å². The number of hydrogen-bond donors (Lipinski definition) is 3. The van der Waals surface area contributed by atoms with Gasteiger partial charge < -0.3 is 10.6 Å². The van der Waals surface area contributed by atoms with Gasteiger partial charge in [0.05, 0.1) is 4.90 Å². The largest absolute Gasteiger partial charge is 0.360 e. The van der Waals surface area contributed by atoms with Gasteiger partial charge >= 0.3 is 0 Å². The van der Waals surface area contributed by atoms with Crippen molar-refractivity contribution in [3.05, 3.63) is 24.3 Å². The molecule has 0 aromatic heterocycles. The molecule has 22 heavy (non-hydrogen) atoms. The van der Waals surface area contributed by atoms with Crippen LogP contribution in [0.3, 0.4) is 0 Å². The zero-order chi connectivity index (χ0) is 16.0. The number of benzene rings is 1. The molecule has 1 aliphatic rings. The molecule has 1 aromatic carbocycles. The first-order valence-corrected chi connectivity index (χ1v) is 9.61. The highest BCUT2D eigenvalue weighted by atomic mass is 32.2. The molecule has 0 atom stereocenters. The highest BCUT2D eigenvalue weighted by Crippen LogP contribution is 2.17. The smallest absolute Gasteiger partial charge is 0.238 e. The summed E-state index contributed by atoms with van der Waals surface area (Å²) in [5.41, 5.74) is 0.746. The maximum Gasteiger partial charge on any atom is 0.238 e. The Balaban J connectivity index is 1.88. The molecule has 1 aromatic rings. The summed E-state index contributed by atoms with van der Waals surface area (Å²) in [6, 6.07) is 6.67. The Morgan fingerprint density at radius 1 is 1.05 bits per heavy atom. The topological polar surface area (TPSA) is 84.2 Å². The molecule has 0 radical (unpaired) electrons. The summed E-state index contributed by atoms with van der Waals surface area (Å²) in [5.74, 6) is 0. The van der Waals surface area contributed by atoms with Gasteiger partial charge in [0, 0.05) is 11.7 Å². The quantitative estimate of drug-likeness (QED) is 0.736. The van der Waals surface area contributed by atoms with E-state index in [2.05, 4.69) is 10.6 Å². The van der Waals surface area contributed by atoms with Crippen molar-refractivity contribution in [1.82, 2.24) is 5.32 Å². The third-order valence-electron chi connectivity index (χ3n) is 3.88. The van der Waals surface area contributed by atoms with Gasteiger partial charge in [0.25, 0.3) is 0 Å². The molecule has 5 nitrogen and oxygen atoms in total. The molecule has 1 aliphatic carbocycles. The van der Waals surface area contributed by atoms with Crippen LogP contribution in [0.5, 0.6) is 0 Å². The monoisotopic (exact) mass is 341 g/mol. The number of anilines is 1. The molecule has 1 saturated carbocycles. The summed E-state index contributed by atoms with van der Waals surface area (Å²) in [7, 11) is -3.65. The molecule has 0 spiro atoms. The van der Waals surface area contributed by atoms with Crippen LogP contribution in [-0.2, 0) is 10.0 Å². The lowest BCUT2D eigenvalue weighted by Gasteiger charge is -2.22. The standard InChI is InChI=1S/C15H23N3O2S2/c16-22(19,20)14-10-8-13(9-11-14)18-15(21)17-12-6-4-2-1-3-5-7-12/h8-12H,1-7H2,(H2,16,19,20)(H2,17,18,21). The number of sulfonamides is 1. The Morgan fingerprint density at radius 2 is 1.59 bits per heavy atom. The van der Waals surface area contributed by atoms with Crippen LogP contribution < -0.4 is 15.8 Å². The Hall–Kier alpha value is -1.18. The lowest BCUT2D eigenvalue weighted by atomic mass is 9.97. The molecule has 0 amide bonds. The first kappa shape index (κ1) is 17.2. The predicted molar refractivity (Wildman–Crippen MR) is 93.3 cm³/mol. The highest BCUT2D eigenvalue weighted by molar-refractivity contribution is 7.89. The summed E-state index contributed by atoms with van der Waals surface area (Å²) in [5, 5.41) is 12.1. The van der Waals surface area contributed by atoms with Gasteiger partial charge in [0.2, 0.25) is 10.0 Å². The summed E-state index contributed by atoms with van der Waals surface area (Å²) in [6.07, 6.45) is 8.71. The van der Waals surface area contributed by atoms with Crippen molar-refractivity contribution in [2.45, 2.75) is 55.9 Å². The predicted octanol–water partition coefficient (Wildman–Crippen LogP) is 2.73. The minimum Gasteiger partial charge on any atom is -0.360 e. The first-order chi connectivity index (χ1) is 10.4. The van der Waals surface area contributed by atoms with Crippen LogP contribution in [0.25, 0.3) is 0 Å². The van der Waals surface area contributed by atoms with E-state index in [0.29, 0.717) is 11.2 Å². The van der Waals surface area contributed by atoms with Crippen molar-refractivity contribution in [2.24, 2.45) is 5.14 Å². The second kappa shape index (κ2) is 7.89. The van der Waals surface area contributed by atoms with Crippen LogP contribution in [-0.4, -0.2) is 19.6 Å². The molecule has 1 fully saturated rings. The minimum atomic E-state index is -3.65. The molecular weight excluding hydrogens is 318 g/mol. The van der Waals surface area contributed by atoms with Gasteiger partial charge in [-0.25, -0.2) is 13.6 Å². The number of nitrogens with two attached hydrogens (primary N) is 1. The lowest BCUT2D eigenvalue weighted by molar-refractivity contribution is 0.430. The third-order valence-corrected chi connectivity index (χ3v) is 5.03. The van der Waals surface area contributed by atoms with Gasteiger partial charge in [0.15, 0.2) is 5.11 Å². The van der Waals surface area contributed by atoms with Crippen LogP contribution in [0.1, 0.15) is 44.9 Å². The minimum absolute atomic E-state index is 0.0944. The van der Waals surface area contributed by atoms with Crippen LogP contribution in [0.15, 0.2) is 29.2 Å². The Labute approximate surface area is 137 Å². The van der Waals surface area contributed by atoms with Crippen molar-refractivity contribution >= 4 is 33.0 Å². The zero-order valence-electron chi connectivity index (χ0n) is 12.5. The highest BCUT2D eigenvalue weighted by Gasteiger charge is 2.12. The van der Waals surface area contributed by atoms with Crippen molar-refractivity contribution in [3.8, 4) is 0 Å². The Morgan fingerprint density at radius 3 is 2.14 bits per heavy atom. The summed E-state index contributed by atoms with van der Waals surface area (Å²) < 4.78 is 22.4. The third kappa shape index (κ3) is 5.55. The number of rotatable bonds is 3.